The van der Waals surface area contributed by atoms with Crippen LogP contribution in [0.25, 0.3) is 0 Å². The molecule has 0 aliphatic rings. The summed E-state index contributed by atoms with van der Waals surface area (Å²) in [6.07, 6.45) is 86.9. The first-order valence-electron chi connectivity index (χ1n) is 34.8. The number of hydrogen-bond acceptors (Lipinski definition) is 6. The summed E-state index contributed by atoms with van der Waals surface area (Å²) < 4.78 is 16.9. The van der Waals surface area contributed by atoms with Crippen molar-refractivity contribution in [3.8, 4) is 0 Å². The maximum Gasteiger partial charge on any atom is 0.306 e. The molecule has 460 valence electrons. The largest absolute Gasteiger partial charge is 0.462 e. The molecule has 0 aromatic heterocycles. The fourth-order valence-electron chi connectivity index (χ4n) is 10.3. The maximum absolute atomic E-state index is 12.9. The third-order valence-electron chi connectivity index (χ3n) is 15.5. The van der Waals surface area contributed by atoms with Crippen LogP contribution in [0.5, 0.6) is 0 Å². The summed E-state index contributed by atoms with van der Waals surface area (Å²) in [5.41, 5.74) is 0. The van der Waals surface area contributed by atoms with Crippen LogP contribution in [-0.4, -0.2) is 37.2 Å². The quantitative estimate of drug-likeness (QED) is 0.0261. The highest BCUT2D eigenvalue weighted by atomic mass is 16.6. The van der Waals surface area contributed by atoms with E-state index in [1.807, 2.05) is 0 Å². The Labute approximate surface area is 491 Å². The zero-order chi connectivity index (χ0) is 57.1. The lowest BCUT2D eigenvalue weighted by molar-refractivity contribution is -0.167. The molecule has 0 radical (unpaired) electrons. The van der Waals surface area contributed by atoms with E-state index in [4.69, 9.17) is 14.2 Å². The van der Waals surface area contributed by atoms with Crippen LogP contribution in [0.3, 0.4) is 0 Å². The molecule has 1 unspecified atom stereocenters. The van der Waals surface area contributed by atoms with Crippen LogP contribution >= 0.6 is 0 Å². The van der Waals surface area contributed by atoms with Gasteiger partial charge < -0.3 is 14.2 Å². The molecule has 0 aromatic carbocycles. The lowest BCUT2D eigenvalue weighted by Crippen LogP contribution is -2.30. The highest BCUT2D eigenvalue weighted by molar-refractivity contribution is 5.71. The van der Waals surface area contributed by atoms with E-state index < -0.39 is 6.10 Å². The van der Waals surface area contributed by atoms with Crippen molar-refractivity contribution in [2.75, 3.05) is 13.2 Å². The first-order valence-corrected chi connectivity index (χ1v) is 34.8. The first-order chi connectivity index (χ1) is 39.0. The van der Waals surface area contributed by atoms with Gasteiger partial charge in [0.15, 0.2) is 6.10 Å². The van der Waals surface area contributed by atoms with Crippen LogP contribution in [0.4, 0.5) is 0 Å². The van der Waals surface area contributed by atoms with Crippen LogP contribution in [-0.2, 0) is 28.6 Å². The molecule has 0 saturated carbocycles. The predicted molar refractivity (Wildman–Crippen MR) is 344 cm³/mol. The fourth-order valence-corrected chi connectivity index (χ4v) is 10.3. The monoisotopic (exact) mass is 1110 g/mol. The number of esters is 3. The van der Waals surface area contributed by atoms with E-state index in [1.54, 1.807) is 0 Å². The lowest BCUT2D eigenvalue weighted by Gasteiger charge is -2.18. The molecule has 0 aliphatic carbocycles. The van der Waals surface area contributed by atoms with Crippen LogP contribution in [0.1, 0.15) is 367 Å². The third kappa shape index (κ3) is 65.8. The zero-order valence-corrected chi connectivity index (χ0v) is 52.9. The van der Waals surface area contributed by atoms with Crippen LogP contribution < -0.4 is 0 Å². The van der Waals surface area contributed by atoms with Gasteiger partial charge in [0, 0.05) is 19.3 Å². The van der Waals surface area contributed by atoms with Gasteiger partial charge in [-0.05, 0) is 103 Å². The van der Waals surface area contributed by atoms with Crippen molar-refractivity contribution in [1.29, 1.82) is 0 Å². The molecule has 0 bridgehead atoms. The van der Waals surface area contributed by atoms with E-state index in [0.717, 1.165) is 83.5 Å². The Balaban J connectivity index is 4.16. The second kappa shape index (κ2) is 67.6. The summed E-state index contributed by atoms with van der Waals surface area (Å²) in [5.74, 6) is -0.898. The highest BCUT2D eigenvalue weighted by Gasteiger charge is 2.19. The van der Waals surface area contributed by atoms with Crippen molar-refractivity contribution in [1.82, 2.24) is 0 Å². The summed E-state index contributed by atoms with van der Waals surface area (Å²) in [4.78, 5) is 38.3. The summed E-state index contributed by atoms with van der Waals surface area (Å²) in [7, 11) is 0. The van der Waals surface area contributed by atoms with Gasteiger partial charge in [0.1, 0.15) is 13.2 Å². The number of ether oxygens (including phenoxy) is 3. The molecular formula is C73H132O6. The molecule has 0 rings (SSSR count). The van der Waals surface area contributed by atoms with Crippen molar-refractivity contribution in [3.63, 3.8) is 0 Å². The number of unbranched alkanes of at least 4 members (excludes halogenated alkanes) is 43. The number of allylic oxidation sites excluding steroid dienone is 10. The van der Waals surface area contributed by atoms with Gasteiger partial charge in [-0.1, -0.05) is 306 Å². The molecule has 0 fully saturated rings. The second-order valence-corrected chi connectivity index (χ2v) is 23.4. The third-order valence-corrected chi connectivity index (χ3v) is 15.5. The molecule has 0 spiro atoms. The van der Waals surface area contributed by atoms with E-state index in [0.29, 0.717) is 19.3 Å². The number of rotatable bonds is 64. The van der Waals surface area contributed by atoms with Gasteiger partial charge in [-0.2, -0.15) is 0 Å². The summed E-state index contributed by atoms with van der Waals surface area (Å²) in [6, 6.07) is 0. The van der Waals surface area contributed by atoms with E-state index in [9.17, 15) is 14.4 Å². The number of carbonyl (C=O) groups is 3. The fraction of sp³-hybridized carbons (Fsp3) is 0.822. The average Bonchev–Trinajstić information content (AvgIpc) is 3.45. The molecule has 0 N–H and O–H groups in total. The van der Waals surface area contributed by atoms with E-state index in [-0.39, 0.29) is 31.1 Å². The van der Waals surface area contributed by atoms with E-state index >= 15 is 0 Å². The van der Waals surface area contributed by atoms with Crippen LogP contribution in [0.15, 0.2) is 60.8 Å². The summed E-state index contributed by atoms with van der Waals surface area (Å²) in [5, 5.41) is 0. The highest BCUT2D eigenvalue weighted by Crippen LogP contribution is 2.18. The van der Waals surface area contributed by atoms with E-state index in [1.165, 1.54) is 244 Å². The molecule has 0 aromatic rings. The lowest BCUT2D eigenvalue weighted by atomic mass is 10.0. The topological polar surface area (TPSA) is 78.9 Å². The summed E-state index contributed by atoms with van der Waals surface area (Å²) >= 11 is 0. The normalized spacial score (nSPS) is 12.4. The Morgan fingerprint density at radius 1 is 0.266 bits per heavy atom. The van der Waals surface area contributed by atoms with Crippen molar-refractivity contribution < 1.29 is 28.6 Å². The molecule has 0 heterocycles. The van der Waals surface area contributed by atoms with Crippen molar-refractivity contribution in [3.05, 3.63) is 60.8 Å². The van der Waals surface area contributed by atoms with Crippen molar-refractivity contribution in [2.24, 2.45) is 0 Å². The van der Waals surface area contributed by atoms with E-state index in [2.05, 4.69) is 81.5 Å². The van der Waals surface area contributed by atoms with Gasteiger partial charge in [0.25, 0.3) is 0 Å². The standard InChI is InChI=1S/C73H132O6/c1-4-7-10-13-16-19-22-25-27-29-30-31-32-33-34-35-36-37-38-39-40-41-42-44-45-48-51-54-57-60-63-66-72(75)78-69-70(68-77-71(74)65-62-59-56-53-50-47-24-21-18-15-12-9-6-3)79-73(76)67-64-61-58-55-52-49-46-43-28-26-23-20-17-14-11-8-5-2/h9,12,18,21,26,28-30,47,50,70H,4-8,10-11,13-17,19-20,22-25,27,31-46,48-49,51-69H2,1-3H3/b12-9-,21-18-,28-26-,30-29-,50-47-. The SMILES string of the molecule is CC/C=C\C/C=C\C/C=C\CCCCCC(=O)OCC(COC(=O)CCCCCCCCCCCCCCCCCCCCC/C=C\CCCCCCCCCC)OC(=O)CCCCCCCCC/C=C\CCCCCCCC. The first kappa shape index (κ1) is 76.1. The summed E-state index contributed by atoms with van der Waals surface area (Å²) in [6.45, 7) is 6.54. The Morgan fingerprint density at radius 2 is 0.494 bits per heavy atom. The second-order valence-electron chi connectivity index (χ2n) is 23.4. The molecule has 79 heavy (non-hydrogen) atoms. The Hall–Kier alpha value is -2.89. The molecule has 0 aliphatic heterocycles. The zero-order valence-electron chi connectivity index (χ0n) is 52.9. The van der Waals surface area contributed by atoms with Gasteiger partial charge in [-0.15, -0.1) is 0 Å². The Kier molecular flexibility index (Phi) is 65.1. The van der Waals surface area contributed by atoms with Gasteiger partial charge in [-0.3, -0.25) is 14.4 Å². The number of carbonyl (C=O) groups excluding carboxylic acids is 3. The molecular weight excluding hydrogens is 973 g/mol. The van der Waals surface area contributed by atoms with Crippen LogP contribution in [0.2, 0.25) is 0 Å². The Morgan fingerprint density at radius 3 is 0.797 bits per heavy atom. The smallest absolute Gasteiger partial charge is 0.306 e. The predicted octanol–water partition coefficient (Wildman–Crippen LogP) is 23.9. The molecule has 0 amide bonds. The van der Waals surface area contributed by atoms with Gasteiger partial charge >= 0.3 is 17.9 Å². The minimum Gasteiger partial charge on any atom is -0.462 e. The molecule has 1 atom stereocenters. The molecule has 0 saturated heterocycles. The van der Waals surface area contributed by atoms with Gasteiger partial charge in [0.2, 0.25) is 0 Å². The van der Waals surface area contributed by atoms with Gasteiger partial charge in [0.05, 0.1) is 0 Å². The average molecular weight is 1110 g/mol. The van der Waals surface area contributed by atoms with Crippen LogP contribution in [0, 0.1) is 0 Å². The minimum absolute atomic E-state index is 0.0822. The van der Waals surface area contributed by atoms with Crippen molar-refractivity contribution in [2.45, 2.75) is 374 Å². The number of hydrogen-bond donors (Lipinski definition) is 0. The van der Waals surface area contributed by atoms with Gasteiger partial charge in [-0.25, -0.2) is 0 Å². The molecule has 6 heteroatoms. The molecule has 6 nitrogen and oxygen atoms in total. The minimum atomic E-state index is -0.788. The maximum atomic E-state index is 12.9. The van der Waals surface area contributed by atoms with Crippen molar-refractivity contribution >= 4 is 17.9 Å². The Bertz CT molecular complexity index is 1410.